The van der Waals surface area contributed by atoms with Crippen LogP contribution in [-0.4, -0.2) is 6.61 Å². The fraction of sp³-hybridized carbons (Fsp3) is 0.444. The van der Waals surface area contributed by atoms with Crippen LogP contribution in [0.4, 0.5) is 0 Å². The molecule has 0 fully saturated rings. The molecule has 1 atom stereocenters. The van der Waals surface area contributed by atoms with E-state index in [1.165, 1.54) is 24.8 Å². The van der Waals surface area contributed by atoms with Crippen LogP contribution < -0.4 is 0 Å². The fourth-order valence-corrected chi connectivity index (χ4v) is 2.34. The molecule has 1 aromatic rings. The number of rotatable bonds is 7. The maximum atomic E-state index is 5.66. The number of hydrogen-bond donors (Lipinski definition) is 0. The van der Waals surface area contributed by atoms with E-state index >= 15 is 0 Å². The van der Waals surface area contributed by atoms with Crippen molar-refractivity contribution >= 4 is 0 Å². The molecule has 1 aromatic carbocycles. The van der Waals surface area contributed by atoms with Crippen molar-refractivity contribution in [1.29, 1.82) is 0 Å². The lowest BCUT2D eigenvalue weighted by molar-refractivity contribution is 0.119. The highest BCUT2D eigenvalue weighted by Gasteiger charge is 2.02. The number of unbranched alkanes of at least 4 members (excludes halogenated alkanes) is 1. The molecule has 0 bridgehead atoms. The van der Waals surface area contributed by atoms with E-state index in [9.17, 15) is 0 Å². The van der Waals surface area contributed by atoms with Crippen molar-refractivity contribution in [3.8, 4) is 0 Å². The van der Waals surface area contributed by atoms with Crippen molar-refractivity contribution < 1.29 is 4.74 Å². The predicted octanol–water partition coefficient (Wildman–Crippen LogP) is 4.90. The van der Waals surface area contributed by atoms with Crippen LogP contribution in [-0.2, 0) is 11.3 Å². The number of allylic oxidation sites excluding steroid dienone is 4. The van der Waals surface area contributed by atoms with Crippen LogP contribution in [0.15, 0.2) is 54.6 Å². The molecule has 0 radical (unpaired) electrons. The number of benzene rings is 1. The fourth-order valence-electron chi connectivity index (χ4n) is 2.34. The molecule has 0 amide bonds. The molecule has 0 aromatic heterocycles. The molecule has 1 nitrogen and oxygen atoms in total. The first-order chi connectivity index (χ1) is 9.45. The Balaban J connectivity index is 1.51. The molecule has 0 unspecified atom stereocenters. The monoisotopic (exact) mass is 256 g/mol. The van der Waals surface area contributed by atoms with E-state index in [0.29, 0.717) is 5.92 Å². The topological polar surface area (TPSA) is 9.23 Å². The Morgan fingerprint density at radius 2 is 2.11 bits per heavy atom. The Kier molecular flexibility index (Phi) is 6.45. The van der Waals surface area contributed by atoms with Gasteiger partial charge in [-0.1, -0.05) is 54.6 Å². The van der Waals surface area contributed by atoms with Gasteiger partial charge in [-0.2, -0.15) is 0 Å². The molecule has 0 saturated carbocycles. The highest BCUT2D eigenvalue weighted by atomic mass is 16.5. The molecule has 0 aliphatic heterocycles. The van der Waals surface area contributed by atoms with Gasteiger partial charge >= 0.3 is 0 Å². The highest BCUT2D eigenvalue weighted by molar-refractivity contribution is 5.13. The maximum Gasteiger partial charge on any atom is 0.0716 e. The van der Waals surface area contributed by atoms with E-state index in [2.05, 4.69) is 48.6 Å². The zero-order valence-corrected chi connectivity index (χ0v) is 11.6. The second kappa shape index (κ2) is 8.71. The second-order valence-electron chi connectivity index (χ2n) is 5.13. The smallest absolute Gasteiger partial charge is 0.0716 e. The van der Waals surface area contributed by atoms with Crippen molar-refractivity contribution in [2.75, 3.05) is 6.61 Å². The van der Waals surface area contributed by atoms with Crippen molar-refractivity contribution in [2.24, 2.45) is 5.92 Å². The molecular formula is C18H24O. The van der Waals surface area contributed by atoms with E-state index < -0.39 is 0 Å². The van der Waals surface area contributed by atoms with E-state index in [-0.39, 0.29) is 0 Å². The largest absolute Gasteiger partial charge is 0.377 e. The summed E-state index contributed by atoms with van der Waals surface area (Å²) in [6, 6.07) is 10.4. The van der Waals surface area contributed by atoms with Crippen molar-refractivity contribution in [3.63, 3.8) is 0 Å². The average Bonchev–Trinajstić information content (AvgIpc) is 2.48. The zero-order valence-electron chi connectivity index (χ0n) is 11.6. The summed E-state index contributed by atoms with van der Waals surface area (Å²) >= 11 is 0. The van der Waals surface area contributed by atoms with Gasteiger partial charge in [-0.05, 0) is 43.6 Å². The van der Waals surface area contributed by atoms with Crippen LogP contribution in [0.1, 0.15) is 37.7 Å². The van der Waals surface area contributed by atoms with Crippen molar-refractivity contribution in [2.45, 2.75) is 38.7 Å². The third kappa shape index (κ3) is 5.89. The predicted molar refractivity (Wildman–Crippen MR) is 81.0 cm³/mol. The standard InChI is InChI=1S/C18H24O/c1-4-10-17(11-5-1)12-8-3-9-15-19-16-18-13-6-2-7-14-18/h2,4,6-8,10,12-14,17H,1,3,5,9,11,15-16H2/b12-8+/t17-/m1/s1. The van der Waals surface area contributed by atoms with Gasteiger partial charge < -0.3 is 4.74 Å². The first kappa shape index (κ1) is 14.1. The van der Waals surface area contributed by atoms with E-state index in [1.54, 1.807) is 0 Å². The van der Waals surface area contributed by atoms with Gasteiger partial charge in [0.25, 0.3) is 0 Å². The zero-order chi connectivity index (χ0) is 13.2. The normalized spacial score (nSPS) is 19.1. The third-order valence-corrected chi connectivity index (χ3v) is 3.45. The summed E-state index contributed by atoms with van der Waals surface area (Å²) in [5.41, 5.74) is 1.25. The van der Waals surface area contributed by atoms with Crippen LogP contribution in [0.5, 0.6) is 0 Å². The minimum Gasteiger partial charge on any atom is -0.377 e. The first-order valence-electron chi connectivity index (χ1n) is 7.40. The van der Waals surface area contributed by atoms with Gasteiger partial charge in [0.2, 0.25) is 0 Å². The second-order valence-corrected chi connectivity index (χ2v) is 5.13. The lowest BCUT2D eigenvalue weighted by atomic mass is 9.95. The molecule has 0 heterocycles. The van der Waals surface area contributed by atoms with Crippen LogP contribution in [0.2, 0.25) is 0 Å². The molecule has 1 heteroatoms. The summed E-state index contributed by atoms with van der Waals surface area (Å²) < 4.78 is 5.66. The van der Waals surface area contributed by atoms with Crippen LogP contribution in [0, 0.1) is 5.92 Å². The lowest BCUT2D eigenvalue weighted by Gasteiger charge is -2.11. The Bertz CT molecular complexity index is 391. The summed E-state index contributed by atoms with van der Waals surface area (Å²) in [6.07, 6.45) is 15.5. The first-order valence-corrected chi connectivity index (χ1v) is 7.40. The van der Waals surface area contributed by atoms with Gasteiger partial charge in [0, 0.05) is 6.61 Å². The summed E-state index contributed by atoms with van der Waals surface area (Å²) in [5.74, 6) is 0.680. The van der Waals surface area contributed by atoms with Crippen LogP contribution >= 0.6 is 0 Å². The Hall–Kier alpha value is -1.34. The third-order valence-electron chi connectivity index (χ3n) is 3.45. The van der Waals surface area contributed by atoms with Gasteiger partial charge in [0.15, 0.2) is 0 Å². The van der Waals surface area contributed by atoms with Gasteiger partial charge in [0.1, 0.15) is 0 Å². The molecule has 102 valence electrons. The molecular weight excluding hydrogens is 232 g/mol. The summed E-state index contributed by atoms with van der Waals surface area (Å²) in [5, 5.41) is 0. The molecule has 2 rings (SSSR count). The molecule has 1 aliphatic rings. The summed E-state index contributed by atoms with van der Waals surface area (Å²) in [7, 11) is 0. The minimum absolute atomic E-state index is 0.680. The number of hydrogen-bond acceptors (Lipinski definition) is 1. The minimum atomic E-state index is 0.680. The summed E-state index contributed by atoms with van der Waals surface area (Å²) in [6.45, 7) is 1.58. The molecule has 0 saturated heterocycles. The Labute approximate surface area is 117 Å². The van der Waals surface area contributed by atoms with E-state index in [4.69, 9.17) is 4.74 Å². The molecule has 0 spiro atoms. The average molecular weight is 256 g/mol. The van der Waals surface area contributed by atoms with Gasteiger partial charge in [0.05, 0.1) is 6.61 Å². The molecule has 1 aliphatic carbocycles. The molecule has 0 N–H and O–H groups in total. The van der Waals surface area contributed by atoms with Crippen LogP contribution in [0.25, 0.3) is 0 Å². The van der Waals surface area contributed by atoms with Gasteiger partial charge in [-0.25, -0.2) is 0 Å². The number of ether oxygens (including phenoxy) is 1. The Morgan fingerprint density at radius 1 is 1.21 bits per heavy atom. The highest BCUT2D eigenvalue weighted by Crippen LogP contribution is 2.18. The molecule has 19 heavy (non-hydrogen) atoms. The summed E-state index contributed by atoms with van der Waals surface area (Å²) in [4.78, 5) is 0. The van der Waals surface area contributed by atoms with Gasteiger partial charge in [-0.3, -0.25) is 0 Å². The quantitative estimate of drug-likeness (QED) is 0.498. The Morgan fingerprint density at radius 3 is 2.89 bits per heavy atom. The van der Waals surface area contributed by atoms with Crippen molar-refractivity contribution in [1.82, 2.24) is 0 Å². The van der Waals surface area contributed by atoms with E-state index in [1.807, 2.05) is 6.07 Å². The van der Waals surface area contributed by atoms with Gasteiger partial charge in [-0.15, -0.1) is 0 Å². The SMILES string of the molecule is C1=C[C@@H](/C=C/CCCOCc2ccccc2)CCC1. The lowest BCUT2D eigenvalue weighted by Crippen LogP contribution is -1.97. The van der Waals surface area contributed by atoms with Crippen LogP contribution in [0.3, 0.4) is 0 Å². The maximum absolute atomic E-state index is 5.66. The van der Waals surface area contributed by atoms with Crippen molar-refractivity contribution in [3.05, 3.63) is 60.2 Å². The van der Waals surface area contributed by atoms with E-state index in [0.717, 1.165) is 26.1 Å².